The molecule has 0 spiro atoms. The summed E-state index contributed by atoms with van der Waals surface area (Å²) >= 11 is 1.40. The van der Waals surface area contributed by atoms with Crippen LogP contribution in [0.5, 0.6) is 0 Å². The van der Waals surface area contributed by atoms with Crippen LogP contribution in [0.2, 0.25) is 0 Å². The molecule has 0 amide bonds. The van der Waals surface area contributed by atoms with Crippen LogP contribution >= 0.6 is 11.8 Å². The van der Waals surface area contributed by atoms with Gasteiger partial charge in [0.15, 0.2) is 0 Å². The number of anilines is 1. The molecule has 0 unspecified atom stereocenters. The Morgan fingerprint density at radius 3 is 2.71 bits per heavy atom. The third kappa shape index (κ3) is 2.38. The van der Waals surface area contributed by atoms with Crippen molar-refractivity contribution in [3.05, 3.63) is 65.9 Å². The number of hydrogen-bond acceptors (Lipinski definition) is 2. The predicted octanol–water partition coefficient (Wildman–Crippen LogP) is 4.23. The summed E-state index contributed by atoms with van der Waals surface area (Å²) in [6.07, 6.45) is 1.10. The molecule has 2 aromatic carbocycles. The lowest BCUT2D eigenvalue weighted by Crippen LogP contribution is -2.03. The number of rotatable bonds is 3. The summed E-state index contributed by atoms with van der Waals surface area (Å²) in [6.45, 7) is 0.858. The zero-order chi connectivity index (χ0) is 14.1. The predicted molar refractivity (Wildman–Crippen MR) is 91.3 cm³/mol. The van der Waals surface area contributed by atoms with Crippen LogP contribution < -0.4 is 5.32 Å². The van der Waals surface area contributed by atoms with Crippen molar-refractivity contribution in [2.45, 2.75) is 17.9 Å². The number of benzene rings is 2. The Bertz CT molecular complexity index is 784. The van der Waals surface area contributed by atoms with Crippen LogP contribution in [0, 0.1) is 0 Å². The maximum Gasteiger partial charge on any atom is 0.0726 e. The summed E-state index contributed by atoms with van der Waals surface area (Å²) in [5.74, 6) is 1.19. The third-order valence-corrected chi connectivity index (χ3v) is 5.11. The van der Waals surface area contributed by atoms with E-state index in [0.717, 1.165) is 18.5 Å². The Labute approximate surface area is 128 Å². The van der Waals surface area contributed by atoms with Gasteiger partial charge in [0.25, 0.3) is 0 Å². The summed E-state index contributed by atoms with van der Waals surface area (Å²) in [5.41, 5.74) is 4.95. The first-order valence-electron chi connectivity index (χ1n) is 7.29. The van der Waals surface area contributed by atoms with Gasteiger partial charge in [-0.2, -0.15) is 11.8 Å². The van der Waals surface area contributed by atoms with Gasteiger partial charge in [-0.3, -0.25) is 4.98 Å². The molecule has 0 bridgehead atoms. The number of aryl methyl sites for hydroxylation is 1. The number of nitrogens with zero attached hydrogens (tertiary/aromatic N) is 1. The molecular formula is C18H17N2S. The molecule has 105 valence electrons. The fourth-order valence-electron chi connectivity index (χ4n) is 2.84. The second-order valence-corrected chi connectivity index (χ2v) is 6.48. The fourth-order valence-corrected chi connectivity index (χ4v) is 4.09. The zero-order valence-corrected chi connectivity index (χ0v) is 12.6. The van der Waals surface area contributed by atoms with Gasteiger partial charge in [-0.1, -0.05) is 48.5 Å². The van der Waals surface area contributed by atoms with E-state index in [4.69, 9.17) is 4.98 Å². The smallest absolute Gasteiger partial charge is 0.0726 e. The first-order chi connectivity index (χ1) is 10.4. The Balaban J connectivity index is 1.76. The second kappa shape index (κ2) is 5.41. The van der Waals surface area contributed by atoms with Crippen molar-refractivity contribution in [3.8, 4) is 0 Å². The Kier molecular flexibility index (Phi) is 3.28. The second-order valence-electron chi connectivity index (χ2n) is 5.27. The van der Waals surface area contributed by atoms with E-state index in [1.54, 1.807) is 0 Å². The monoisotopic (exact) mass is 293 g/mol. The molecule has 1 aromatic heterocycles. The Morgan fingerprint density at radius 1 is 1.00 bits per heavy atom. The molecule has 0 fully saturated rings. The Morgan fingerprint density at radius 2 is 1.81 bits per heavy atom. The van der Waals surface area contributed by atoms with E-state index in [2.05, 4.69) is 59.9 Å². The maximum atomic E-state index is 4.82. The van der Waals surface area contributed by atoms with Crippen LogP contribution in [0.15, 0.2) is 59.5 Å². The molecule has 0 saturated heterocycles. The number of aromatic nitrogens is 1. The van der Waals surface area contributed by atoms with Gasteiger partial charge in [0, 0.05) is 16.8 Å². The molecule has 0 saturated carbocycles. The highest BCUT2D eigenvalue weighted by Crippen LogP contribution is 2.40. The number of pyridine rings is 1. The van der Waals surface area contributed by atoms with Crippen molar-refractivity contribution in [2.24, 2.45) is 0 Å². The zero-order valence-electron chi connectivity index (χ0n) is 11.7. The summed E-state index contributed by atoms with van der Waals surface area (Å²) in [6, 6.07) is 19.0. The van der Waals surface area contributed by atoms with Gasteiger partial charge in [0.05, 0.1) is 16.9 Å². The fraction of sp³-hybridized carbons (Fsp3) is 0.167. The quantitative estimate of drug-likeness (QED) is 0.707. The van der Waals surface area contributed by atoms with Gasteiger partial charge >= 0.3 is 0 Å². The van der Waals surface area contributed by atoms with Crippen LogP contribution in [-0.2, 0) is 13.0 Å². The number of fused-ring (bicyclic) bond motifs is 2. The first kappa shape index (κ1) is 12.7. The van der Waals surface area contributed by atoms with E-state index in [9.17, 15) is 0 Å². The van der Waals surface area contributed by atoms with Gasteiger partial charge in [-0.05, 0) is 23.8 Å². The molecule has 4 rings (SSSR count). The van der Waals surface area contributed by atoms with Crippen LogP contribution in [0.1, 0.15) is 11.3 Å². The molecule has 1 radical (unpaired) electrons. The van der Waals surface area contributed by atoms with Gasteiger partial charge < -0.3 is 5.32 Å². The van der Waals surface area contributed by atoms with Crippen LogP contribution in [0.4, 0.5) is 5.69 Å². The topological polar surface area (TPSA) is 24.9 Å². The molecule has 1 N–H and O–H groups in total. The molecule has 0 aliphatic carbocycles. The first-order valence-corrected chi connectivity index (χ1v) is 8.37. The van der Waals surface area contributed by atoms with E-state index in [0.29, 0.717) is 0 Å². The summed E-state index contributed by atoms with van der Waals surface area (Å²) < 4.78 is 0. The average Bonchev–Trinajstić information content (AvgIpc) is 3.00. The molecule has 0 atom stereocenters. The summed E-state index contributed by atoms with van der Waals surface area (Å²) in [4.78, 5) is 6.22. The van der Waals surface area contributed by atoms with Crippen LogP contribution in [0.25, 0.3) is 10.9 Å². The molecule has 1 aliphatic rings. The van der Waals surface area contributed by atoms with E-state index in [1.807, 2.05) is 0 Å². The van der Waals surface area contributed by atoms with Crippen LogP contribution in [-0.4, -0.2) is 10.7 Å². The molecular weight excluding hydrogens is 276 g/mol. The molecule has 2 nitrogen and oxygen atoms in total. The van der Waals surface area contributed by atoms with Crippen molar-refractivity contribution in [1.82, 2.24) is 4.98 Å². The highest BCUT2D eigenvalue weighted by Gasteiger charge is 2.18. The third-order valence-electron chi connectivity index (χ3n) is 3.87. The standard InChI is InChI=1S/C18H17N2S/c1-2-6-13(7-3-1)12-19-17-14-8-4-5-9-15(14)20-16-10-11-21-18(16)17/h1-9,21H,10-12H2,(H,19,20). The molecule has 1 aliphatic heterocycles. The van der Waals surface area contributed by atoms with Crippen molar-refractivity contribution in [2.75, 3.05) is 11.1 Å². The minimum atomic E-state index is 0.858. The van der Waals surface area contributed by atoms with Crippen LogP contribution in [0.3, 0.4) is 0 Å². The minimum absolute atomic E-state index is 0.858. The summed E-state index contributed by atoms with van der Waals surface area (Å²) in [5, 5.41) is 4.89. The van der Waals surface area contributed by atoms with E-state index in [1.165, 1.54) is 44.7 Å². The summed E-state index contributed by atoms with van der Waals surface area (Å²) in [7, 11) is 0. The molecule has 3 aromatic rings. The lowest BCUT2D eigenvalue weighted by molar-refractivity contribution is 1.04. The number of hydrogen-bond donors (Lipinski definition) is 2. The SMILES string of the molecule is c1ccc(CNc2c3c(nc4ccccc24)CC[SH]3)cc1. The minimum Gasteiger partial charge on any atom is -0.379 e. The van der Waals surface area contributed by atoms with Crippen molar-refractivity contribution in [3.63, 3.8) is 0 Å². The van der Waals surface area contributed by atoms with Gasteiger partial charge in [0.1, 0.15) is 0 Å². The van der Waals surface area contributed by atoms with E-state index < -0.39 is 0 Å². The van der Waals surface area contributed by atoms with Gasteiger partial charge in [-0.25, -0.2) is 0 Å². The van der Waals surface area contributed by atoms with Crippen molar-refractivity contribution in [1.29, 1.82) is 0 Å². The lowest BCUT2D eigenvalue weighted by Gasteiger charge is -2.14. The molecule has 3 heteroatoms. The highest BCUT2D eigenvalue weighted by atomic mass is 32.2. The van der Waals surface area contributed by atoms with E-state index >= 15 is 0 Å². The normalized spacial score (nSPS) is 13.3. The van der Waals surface area contributed by atoms with Gasteiger partial charge in [-0.15, -0.1) is 0 Å². The number of nitrogens with one attached hydrogen (secondary N) is 1. The highest BCUT2D eigenvalue weighted by molar-refractivity contribution is 7.99. The Hall–Kier alpha value is -2.00. The number of thiol groups is 1. The van der Waals surface area contributed by atoms with Crippen molar-refractivity contribution >= 4 is 28.4 Å². The molecule has 2 heterocycles. The van der Waals surface area contributed by atoms with Gasteiger partial charge in [0.2, 0.25) is 0 Å². The average molecular weight is 293 g/mol. The lowest BCUT2D eigenvalue weighted by atomic mass is 10.1. The van der Waals surface area contributed by atoms with Crippen molar-refractivity contribution < 1.29 is 0 Å². The largest absolute Gasteiger partial charge is 0.379 e. The number of para-hydroxylation sites is 1. The molecule has 21 heavy (non-hydrogen) atoms. The van der Waals surface area contributed by atoms with E-state index in [-0.39, 0.29) is 0 Å². The maximum absolute atomic E-state index is 4.82.